The van der Waals surface area contributed by atoms with E-state index in [9.17, 15) is 9.26 Å². The average molecular weight is 471 g/mol. The zero-order valence-electron chi connectivity index (χ0n) is 18.4. The smallest absolute Gasteiger partial charge is 0.511 e. The minimum absolute atomic E-state index is 0.0509. The molecule has 5 aliphatic heterocycles. The molecule has 7 rings (SSSR count). The summed E-state index contributed by atoms with van der Waals surface area (Å²) in [5.41, 5.74) is 3.34. The van der Waals surface area contributed by atoms with Crippen molar-refractivity contribution in [2.24, 2.45) is 11.8 Å². The van der Waals surface area contributed by atoms with Crippen molar-refractivity contribution < 1.29 is 32.7 Å². The highest BCUT2D eigenvalue weighted by molar-refractivity contribution is 6.24. The predicted molar refractivity (Wildman–Crippen MR) is 115 cm³/mol. The fourth-order valence-corrected chi connectivity index (χ4v) is 8.13. The van der Waals surface area contributed by atoms with E-state index in [1.165, 1.54) is 5.57 Å². The van der Waals surface area contributed by atoms with Crippen LogP contribution in [0, 0.1) is 11.8 Å². The molecular weight excluding hydrogens is 444 g/mol. The second kappa shape index (κ2) is 6.80. The third-order valence-electron chi connectivity index (χ3n) is 8.99. The SMILES string of the molecule is COc1cc2c(cc1OCO[Si](=O)O)[C@@]13CCN4CC5=CCO[C@H]6CC(=O)N2[C@H]1[C@H]6[C@H]5C[C@H]43. The summed E-state index contributed by atoms with van der Waals surface area (Å²) < 4.78 is 33.3. The highest BCUT2D eigenvalue weighted by atomic mass is 28.3. The van der Waals surface area contributed by atoms with Crippen LogP contribution < -0.4 is 14.4 Å². The van der Waals surface area contributed by atoms with Crippen LogP contribution in [0.3, 0.4) is 0 Å². The quantitative estimate of drug-likeness (QED) is 0.385. The van der Waals surface area contributed by atoms with Gasteiger partial charge < -0.3 is 28.3 Å². The Bertz CT molecular complexity index is 1110. The van der Waals surface area contributed by atoms with Gasteiger partial charge in [-0.1, -0.05) is 11.6 Å². The molecule has 0 radical (unpaired) electrons. The Balaban J connectivity index is 1.41. The lowest BCUT2D eigenvalue weighted by Gasteiger charge is -2.58. The minimum atomic E-state index is -3.10. The van der Waals surface area contributed by atoms with Gasteiger partial charge in [0.25, 0.3) is 0 Å². The largest absolute Gasteiger partial charge is 0.767 e. The van der Waals surface area contributed by atoms with Gasteiger partial charge in [-0.25, -0.2) is 0 Å². The van der Waals surface area contributed by atoms with Gasteiger partial charge in [0.1, 0.15) is 0 Å². The molecule has 1 aromatic carbocycles. The Morgan fingerprint density at radius 2 is 2.21 bits per heavy atom. The van der Waals surface area contributed by atoms with Crippen LogP contribution in [0.4, 0.5) is 5.69 Å². The third-order valence-corrected chi connectivity index (χ3v) is 9.36. The molecule has 4 fully saturated rings. The van der Waals surface area contributed by atoms with Crippen molar-refractivity contribution in [3.8, 4) is 11.5 Å². The molecule has 0 aromatic heterocycles. The number of rotatable bonds is 5. The van der Waals surface area contributed by atoms with E-state index in [1.54, 1.807) is 7.11 Å². The molecule has 1 aliphatic carbocycles. The van der Waals surface area contributed by atoms with Crippen molar-refractivity contribution in [1.29, 1.82) is 0 Å². The Labute approximate surface area is 192 Å². The molecule has 1 saturated carbocycles. The molecule has 10 heteroatoms. The number of hydrogen-bond donors (Lipinski definition) is 1. The van der Waals surface area contributed by atoms with Crippen LogP contribution in [0.15, 0.2) is 23.8 Å². The molecule has 5 heterocycles. The van der Waals surface area contributed by atoms with Gasteiger partial charge in [0.05, 0.1) is 38.0 Å². The first-order chi connectivity index (χ1) is 16.0. The molecule has 2 bridgehead atoms. The molecule has 3 saturated heterocycles. The second-order valence-electron chi connectivity index (χ2n) is 9.95. The van der Waals surface area contributed by atoms with Gasteiger partial charge in [-0.3, -0.25) is 14.2 Å². The monoisotopic (exact) mass is 470 g/mol. The third kappa shape index (κ3) is 2.46. The molecule has 6 aliphatic rings. The molecule has 33 heavy (non-hydrogen) atoms. The summed E-state index contributed by atoms with van der Waals surface area (Å²) in [4.78, 5) is 27.2. The maximum atomic E-state index is 13.6. The van der Waals surface area contributed by atoms with Gasteiger partial charge in [-0.15, -0.1) is 0 Å². The fourth-order valence-electron chi connectivity index (χ4n) is 7.97. The summed E-state index contributed by atoms with van der Waals surface area (Å²) >= 11 is 0. The number of ether oxygens (including phenoxy) is 3. The lowest BCUT2D eigenvalue weighted by molar-refractivity contribution is -0.132. The number of fused-ring (bicyclic) bond motifs is 2. The Morgan fingerprint density at radius 1 is 1.33 bits per heavy atom. The van der Waals surface area contributed by atoms with Gasteiger partial charge >= 0.3 is 9.17 Å². The molecular formula is C23H26N2O7Si. The number of anilines is 1. The van der Waals surface area contributed by atoms with Gasteiger partial charge in [0.15, 0.2) is 11.5 Å². The second-order valence-corrected chi connectivity index (χ2v) is 10.8. The lowest BCUT2D eigenvalue weighted by Crippen LogP contribution is -2.69. The summed E-state index contributed by atoms with van der Waals surface area (Å²) in [5.74, 6) is 1.79. The summed E-state index contributed by atoms with van der Waals surface area (Å²) in [6.45, 7) is 2.23. The highest BCUT2D eigenvalue weighted by Gasteiger charge is 2.71. The van der Waals surface area contributed by atoms with E-state index in [-0.39, 0.29) is 36.2 Å². The average Bonchev–Trinajstić information content (AvgIpc) is 3.25. The van der Waals surface area contributed by atoms with Crippen molar-refractivity contribution in [2.45, 2.75) is 42.9 Å². The standard InChI is InChI=1S/C23H26N2O7Si/c1-29-16-8-15-14(7-17(16)31-11-32-33(27)28)23-3-4-24-10-12-2-5-30-18-9-20(26)25(15)22(23)21(18)13(12)6-19(23)24/h2,7-8,13,18-19,21-22,27H,3-6,9-11H2,1H3/t13-,18-,19-,21-,22-,23+/m0/s1. The van der Waals surface area contributed by atoms with E-state index >= 15 is 0 Å². The first-order valence-electron chi connectivity index (χ1n) is 11.6. The van der Waals surface area contributed by atoms with Crippen LogP contribution >= 0.6 is 0 Å². The van der Waals surface area contributed by atoms with Gasteiger partial charge in [0.2, 0.25) is 12.7 Å². The highest BCUT2D eigenvalue weighted by Crippen LogP contribution is 2.66. The van der Waals surface area contributed by atoms with Crippen LogP contribution in [0.25, 0.3) is 0 Å². The number of carbonyl (C=O) groups excluding carboxylic acids is 1. The van der Waals surface area contributed by atoms with Crippen LogP contribution in [-0.4, -0.2) is 76.6 Å². The number of carbonyl (C=O) groups is 1. The number of hydrogen-bond acceptors (Lipinski definition) is 7. The van der Waals surface area contributed by atoms with Crippen molar-refractivity contribution in [3.05, 3.63) is 29.3 Å². The summed E-state index contributed by atoms with van der Waals surface area (Å²) in [6.07, 6.45) is 4.69. The Kier molecular flexibility index (Phi) is 4.12. The van der Waals surface area contributed by atoms with Gasteiger partial charge in [-0.05, 0) is 36.9 Å². The molecule has 9 nitrogen and oxygen atoms in total. The van der Waals surface area contributed by atoms with E-state index in [0.717, 1.165) is 37.2 Å². The number of amides is 1. The number of benzene rings is 1. The molecule has 0 unspecified atom stereocenters. The molecule has 1 amide bonds. The van der Waals surface area contributed by atoms with Gasteiger partial charge in [0, 0.05) is 30.0 Å². The molecule has 1 aromatic rings. The zero-order valence-corrected chi connectivity index (χ0v) is 19.4. The lowest BCUT2D eigenvalue weighted by atomic mass is 9.53. The van der Waals surface area contributed by atoms with E-state index in [2.05, 4.69) is 11.0 Å². The normalized spacial score (nSPS) is 37.2. The Hall–Kier alpha value is -2.43. The maximum absolute atomic E-state index is 13.6. The summed E-state index contributed by atoms with van der Waals surface area (Å²) in [5, 5.41) is 0. The molecule has 1 N–H and O–H groups in total. The van der Waals surface area contributed by atoms with Crippen molar-refractivity contribution >= 4 is 20.8 Å². The van der Waals surface area contributed by atoms with Gasteiger partial charge in [-0.2, -0.15) is 0 Å². The van der Waals surface area contributed by atoms with Crippen molar-refractivity contribution in [1.82, 2.24) is 4.90 Å². The number of methoxy groups -OCH3 is 1. The van der Waals surface area contributed by atoms with E-state index in [4.69, 9.17) is 23.4 Å². The molecule has 1 spiro atoms. The van der Waals surface area contributed by atoms with E-state index in [1.807, 2.05) is 17.0 Å². The first kappa shape index (κ1) is 20.0. The van der Waals surface area contributed by atoms with Crippen LogP contribution in [0.5, 0.6) is 11.5 Å². The van der Waals surface area contributed by atoms with Crippen LogP contribution in [0.1, 0.15) is 24.8 Å². The Morgan fingerprint density at radius 3 is 3.03 bits per heavy atom. The van der Waals surface area contributed by atoms with E-state index in [0.29, 0.717) is 36.5 Å². The number of nitrogens with zero attached hydrogens (tertiary/aromatic N) is 2. The predicted octanol–water partition coefficient (Wildman–Crippen LogP) is 0.862. The zero-order chi connectivity index (χ0) is 22.5. The minimum Gasteiger partial charge on any atom is -0.511 e. The first-order valence-corrected chi connectivity index (χ1v) is 12.9. The fraction of sp³-hybridized carbons (Fsp3) is 0.609. The maximum Gasteiger partial charge on any atom is 0.767 e. The molecule has 6 atom stereocenters. The van der Waals surface area contributed by atoms with Crippen LogP contribution in [-0.2, 0) is 23.8 Å². The number of piperidine rings is 2. The summed E-state index contributed by atoms with van der Waals surface area (Å²) in [7, 11) is -1.54. The van der Waals surface area contributed by atoms with Crippen molar-refractivity contribution in [2.75, 3.05) is 38.5 Å². The van der Waals surface area contributed by atoms with Crippen LogP contribution in [0.2, 0.25) is 0 Å². The summed E-state index contributed by atoms with van der Waals surface area (Å²) in [6, 6.07) is 4.30. The van der Waals surface area contributed by atoms with Crippen molar-refractivity contribution in [3.63, 3.8) is 0 Å². The molecule has 174 valence electrons. The topological polar surface area (TPSA) is 97.8 Å². The van der Waals surface area contributed by atoms with E-state index < -0.39 is 9.17 Å².